The monoisotopic (exact) mass is 366 g/mol. The Morgan fingerprint density at radius 3 is 2.35 bits per heavy atom. The average molecular weight is 366 g/mol. The van der Waals surface area contributed by atoms with E-state index in [1.807, 2.05) is 44.2 Å². The molecule has 0 radical (unpaired) electrons. The molecule has 0 spiro atoms. The van der Waals surface area contributed by atoms with E-state index in [1.54, 1.807) is 6.92 Å². The average Bonchev–Trinajstić information content (AvgIpc) is 2.64. The third kappa shape index (κ3) is 7.84. The number of hydrogen-bond donors (Lipinski definition) is 4. The van der Waals surface area contributed by atoms with Crippen LogP contribution in [0.3, 0.4) is 0 Å². The summed E-state index contributed by atoms with van der Waals surface area (Å²) >= 11 is 0. The van der Waals surface area contributed by atoms with Gasteiger partial charge in [-0.2, -0.15) is 0 Å². The molecule has 0 aliphatic carbocycles. The minimum Gasteiger partial charge on any atom is -0.445 e. The second kappa shape index (κ2) is 11.5. The van der Waals surface area contributed by atoms with Crippen LogP contribution in [0.2, 0.25) is 0 Å². The summed E-state index contributed by atoms with van der Waals surface area (Å²) in [6, 6.07) is 8.52. The van der Waals surface area contributed by atoms with Crippen LogP contribution in [0.1, 0.15) is 39.2 Å². The molecule has 1 aromatic carbocycles. The summed E-state index contributed by atoms with van der Waals surface area (Å²) in [6.07, 6.45) is -1.67. The van der Waals surface area contributed by atoms with E-state index in [0.29, 0.717) is 6.42 Å². The molecule has 2 unspecified atom stereocenters. The predicted octanol–water partition coefficient (Wildman–Crippen LogP) is 1.58. The van der Waals surface area contributed by atoms with Crippen molar-refractivity contribution in [2.45, 2.75) is 58.5 Å². The first-order valence-corrected chi connectivity index (χ1v) is 8.96. The molecular weight excluding hydrogens is 336 g/mol. The van der Waals surface area contributed by atoms with E-state index in [4.69, 9.17) is 4.74 Å². The third-order valence-corrected chi connectivity index (χ3v) is 4.04. The standard InChI is InChI=1S/C19H30N2O5/c1-4-15(22)16(23)10-11-20-18(24)17(13(2)3)21-19(25)26-12-14-8-6-5-7-9-14/h5-9,13,15-17,22-23H,4,10-12H2,1-3H3,(H,20,24)(H,21,25)/t15?,16?,17-/m0/s1. The van der Waals surface area contributed by atoms with Crippen LogP contribution in [0, 0.1) is 5.92 Å². The molecule has 0 saturated heterocycles. The van der Waals surface area contributed by atoms with Crippen molar-refractivity contribution in [3.63, 3.8) is 0 Å². The van der Waals surface area contributed by atoms with Gasteiger partial charge in [0.25, 0.3) is 0 Å². The maximum Gasteiger partial charge on any atom is 0.408 e. The van der Waals surface area contributed by atoms with Crippen molar-refractivity contribution in [2.75, 3.05) is 6.54 Å². The number of carbonyl (C=O) groups excluding carboxylic acids is 2. The number of ether oxygens (including phenoxy) is 1. The summed E-state index contributed by atoms with van der Waals surface area (Å²) in [5, 5.41) is 24.5. The molecule has 0 heterocycles. The van der Waals surface area contributed by atoms with Crippen molar-refractivity contribution in [1.82, 2.24) is 10.6 Å². The van der Waals surface area contributed by atoms with E-state index in [9.17, 15) is 19.8 Å². The highest BCUT2D eigenvalue weighted by molar-refractivity contribution is 5.85. The lowest BCUT2D eigenvalue weighted by Crippen LogP contribution is -2.50. The molecule has 0 fully saturated rings. The third-order valence-electron chi connectivity index (χ3n) is 4.04. The summed E-state index contributed by atoms with van der Waals surface area (Å²) < 4.78 is 5.14. The first kappa shape index (κ1) is 21.9. The predicted molar refractivity (Wildman–Crippen MR) is 98.3 cm³/mol. The lowest BCUT2D eigenvalue weighted by Gasteiger charge is -2.22. The van der Waals surface area contributed by atoms with Gasteiger partial charge in [-0.3, -0.25) is 4.79 Å². The minimum absolute atomic E-state index is 0.125. The quantitative estimate of drug-likeness (QED) is 0.503. The van der Waals surface area contributed by atoms with Crippen LogP contribution in [0.5, 0.6) is 0 Å². The zero-order valence-electron chi connectivity index (χ0n) is 15.6. The van der Waals surface area contributed by atoms with E-state index >= 15 is 0 Å². The Balaban J connectivity index is 2.43. The molecule has 7 heteroatoms. The smallest absolute Gasteiger partial charge is 0.408 e. The Morgan fingerprint density at radius 1 is 1.12 bits per heavy atom. The van der Waals surface area contributed by atoms with Crippen LogP contribution in [0.4, 0.5) is 4.79 Å². The van der Waals surface area contributed by atoms with Crippen molar-refractivity contribution >= 4 is 12.0 Å². The number of nitrogens with one attached hydrogen (secondary N) is 2. The van der Waals surface area contributed by atoms with Crippen molar-refractivity contribution in [3.05, 3.63) is 35.9 Å². The number of benzene rings is 1. The van der Waals surface area contributed by atoms with Crippen LogP contribution >= 0.6 is 0 Å². The highest BCUT2D eigenvalue weighted by Gasteiger charge is 2.25. The zero-order chi connectivity index (χ0) is 19.5. The van der Waals surface area contributed by atoms with Gasteiger partial charge in [0.05, 0.1) is 12.2 Å². The fourth-order valence-electron chi connectivity index (χ4n) is 2.34. The largest absolute Gasteiger partial charge is 0.445 e. The van der Waals surface area contributed by atoms with Crippen molar-refractivity contribution in [3.8, 4) is 0 Å². The van der Waals surface area contributed by atoms with Crippen molar-refractivity contribution < 1.29 is 24.5 Å². The molecule has 0 aliphatic heterocycles. The van der Waals surface area contributed by atoms with Gasteiger partial charge in [0.15, 0.2) is 0 Å². The molecule has 0 bridgehead atoms. The Morgan fingerprint density at radius 2 is 1.77 bits per heavy atom. The van der Waals surface area contributed by atoms with Gasteiger partial charge in [-0.1, -0.05) is 51.1 Å². The van der Waals surface area contributed by atoms with Crippen LogP contribution in [0.25, 0.3) is 0 Å². The van der Waals surface area contributed by atoms with Gasteiger partial charge in [0.2, 0.25) is 5.91 Å². The summed E-state index contributed by atoms with van der Waals surface area (Å²) in [5.41, 5.74) is 0.858. The number of hydrogen-bond acceptors (Lipinski definition) is 5. The summed E-state index contributed by atoms with van der Waals surface area (Å²) in [4.78, 5) is 24.2. The Labute approximate surface area is 154 Å². The number of amides is 2. The second-order valence-electron chi connectivity index (χ2n) is 6.55. The van der Waals surface area contributed by atoms with Gasteiger partial charge in [0.1, 0.15) is 12.6 Å². The topological polar surface area (TPSA) is 108 Å². The van der Waals surface area contributed by atoms with Gasteiger partial charge in [-0.05, 0) is 24.3 Å². The minimum atomic E-state index is -0.887. The molecular formula is C19H30N2O5. The summed E-state index contributed by atoms with van der Waals surface area (Å²) in [7, 11) is 0. The van der Waals surface area contributed by atoms with Crippen molar-refractivity contribution in [2.24, 2.45) is 5.92 Å². The van der Waals surface area contributed by atoms with Crippen LogP contribution in [-0.2, 0) is 16.1 Å². The van der Waals surface area contributed by atoms with E-state index < -0.39 is 24.3 Å². The van der Waals surface area contributed by atoms with Gasteiger partial charge in [-0.15, -0.1) is 0 Å². The lowest BCUT2D eigenvalue weighted by atomic mass is 10.0. The fourth-order valence-corrected chi connectivity index (χ4v) is 2.34. The molecule has 7 nitrogen and oxygen atoms in total. The Bertz CT molecular complexity index is 550. The lowest BCUT2D eigenvalue weighted by molar-refractivity contribution is -0.124. The highest BCUT2D eigenvalue weighted by Crippen LogP contribution is 2.06. The molecule has 0 aromatic heterocycles. The molecule has 1 aromatic rings. The van der Waals surface area contributed by atoms with Crippen LogP contribution in [0.15, 0.2) is 30.3 Å². The second-order valence-corrected chi connectivity index (χ2v) is 6.55. The van der Waals surface area contributed by atoms with Crippen LogP contribution in [-0.4, -0.2) is 47.0 Å². The summed E-state index contributed by atoms with van der Waals surface area (Å²) in [6.45, 7) is 5.74. The van der Waals surface area contributed by atoms with Gasteiger partial charge in [0, 0.05) is 6.54 Å². The summed E-state index contributed by atoms with van der Waals surface area (Å²) in [5.74, 6) is -0.486. The zero-order valence-corrected chi connectivity index (χ0v) is 15.6. The highest BCUT2D eigenvalue weighted by atomic mass is 16.5. The van der Waals surface area contributed by atoms with Gasteiger partial charge >= 0.3 is 6.09 Å². The number of alkyl carbamates (subject to hydrolysis) is 1. The normalized spacial score (nSPS) is 14.4. The van der Waals surface area contributed by atoms with Gasteiger partial charge in [-0.25, -0.2) is 4.79 Å². The maximum absolute atomic E-state index is 12.3. The first-order chi connectivity index (χ1) is 12.3. The Kier molecular flexibility index (Phi) is 9.69. The van der Waals surface area contributed by atoms with Crippen LogP contribution < -0.4 is 10.6 Å². The molecule has 0 saturated carbocycles. The maximum atomic E-state index is 12.3. The number of aliphatic hydroxyl groups is 2. The van der Waals surface area contributed by atoms with E-state index in [1.165, 1.54) is 0 Å². The van der Waals surface area contributed by atoms with E-state index in [-0.39, 0.29) is 31.4 Å². The fraction of sp³-hybridized carbons (Fsp3) is 0.579. The van der Waals surface area contributed by atoms with E-state index in [2.05, 4.69) is 10.6 Å². The molecule has 2 amide bonds. The molecule has 4 N–H and O–H groups in total. The number of rotatable bonds is 10. The Hall–Kier alpha value is -2.12. The molecule has 1 rings (SSSR count). The van der Waals surface area contributed by atoms with Gasteiger partial charge < -0.3 is 25.6 Å². The van der Waals surface area contributed by atoms with Crippen molar-refractivity contribution in [1.29, 1.82) is 0 Å². The number of aliphatic hydroxyl groups excluding tert-OH is 2. The SMILES string of the molecule is CCC(O)C(O)CCNC(=O)[C@@H](NC(=O)OCc1ccccc1)C(C)C. The van der Waals surface area contributed by atoms with E-state index in [0.717, 1.165) is 5.56 Å². The molecule has 3 atom stereocenters. The molecule has 26 heavy (non-hydrogen) atoms. The first-order valence-electron chi connectivity index (χ1n) is 8.96. The molecule has 146 valence electrons. The molecule has 0 aliphatic rings. The number of carbonyl (C=O) groups is 2.